The number of pyridine rings is 1. The van der Waals surface area contributed by atoms with Crippen molar-refractivity contribution in [2.24, 2.45) is 0 Å². The minimum Gasteiger partial charge on any atom is -0.454 e. The van der Waals surface area contributed by atoms with Gasteiger partial charge in [-0.15, -0.1) is 0 Å². The van der Waals surface area contributed by atoms with Gasteiger partial charge in [0.25, 0.3) is 5.91 Å². The Hall–Kier alpha value is -3.93. The van der Waals surface area contributed by atoms with Crippen molar-refractivity contribution in [1.82, 2.24) is 10.3 Å². The molecular formula is C26H21FN2O3. The van der Waals surface area contributed by atoms with Gasteiger partial charge in [-0.1, -0.05) is 23.8 Å². The van der Waals surface area contributed by atoms with E-state index in [0.717, 1.165) is 27.6 Å². The number of rotatable bonds is 5. The van der Waals surface area contributed by atoms with E-state index in [1.807, 2.05) is 49.4 Å². The van der Waals surface area contributed by atoms with E-state index < -0.39 is 0 Å². The Morgan fingerprint density at radius 1 is 1.00 bits per heavy atom. The summed E-state index contributed by atoms with van der Waals surface area (Å²) in [7, 11) is 0. The lowest BCUT2D eigenvalue weighted by atomic mass is 10.0. The quantitative estimate of drug-likeness (QED) is 0.483. The smallest absolute Gasteiger partial charge is 0.252 e. The molecule has 160 valence electrons. The van der Waals surface area contributed by atoms with Crippen molar-refractivity contribution >= 4 is 16.8 Å². The van der Waals surface area contributed by atoms with Gasteiger partial charge in [0.2, 0.25) is 6.79 Å². The van der Waals surface area contributed by atoms with Crippen LogP contribution in [0.1, 0.15) is 21.5 Å². The molecular weight excluding hydrogens is 407 g/mol. The van der Waals surface area contributed by atoms with Gasteiger partial charge in [0.15, 0.2) is 11.5 Å². The Bertz CT molecular complexity index is 1320. The molecule has 1 aliphatic rings. The lowest BCUT2D eigenvalue weighted by Gasteiger charge is -2.12. The number of fused-ring (bicyclic) bond motifs is 2. The Labute approximate surface area is 184 Å². The fraction of sp³-hybridized carbons (Fsp3) is 0.154. The van der Waals surface area contributed by atoms with Crippen molar-refractivity contribution in [3.8, 4) is 22.8 Å². The number of benzene rings is 3. The highest BCUT2D eigenvalue weighted by atomic mass is 19.1. The van der Waals surface area contributed by atoms with Crippen molar-refractivity contribution in [3.63, 3.8) is 0 Å². The molecule has 1 aliphatic heterocycles. The average molecular weight is 428 g/mol. The third-order valence-corrected chi connectivity index (χ3v) is 5.49. The Kier molecular flexibility index (Phi) is 5.19. The fourth-order valence-electron chi connectivity index (χ4n) is 3.80. The molecule has 1 N–H and O–H groups in total. The van der Waals surface area contributed by atoms with Crippen LogP contribution in [0.3, 0.4) is 0 Å². The summed E-state index contributed by atoms with van der Waals surface area (Å²) in [5, 5.41) is 3.79. The van der Waals surface area contributed by atoms with E-state index >= 15 is 0 Å². The number of carbonyl (C=O) groups excluding carboxylic acids is 1. The number of halogens is 1. The van der Waals surface area contributed by atoms with Crippen LogP contribution in [-0.4, -0.2) is 24.2 Å². The van der Waals surface area contributed by atoms with E-state index in [4.69, 9.17) is 14.5 Å². The number of carbonyl (C=O) groups is 1. The molecule has 0 atom stereocenters. The maximum Gasteiger partial charge on any atom is 0.252 e. The van der Waals surface area contributed by atoms with Gasteiger partial charge in [-0.05, 0) is 67.4 Å². The molecule has 0 radical (unpaired) electrons. The van der Waals surface area contributed by atoms with Crippen molar-refractivity contribution in [3.05, 3.63) is 89.2 Å². The molecule has 3 aromatic carbocycles. The Morgan fingerprint density at radius 2 is 1.81 bits per heavy atom. The maximum atomic E-state index is 13.1. The molecule has 0 spiro atoms. The first-order chi connectivity index (χ1) is 15.6. The number of aromatic nitrogens is 1. The van der Waals surface area contributed by atoms with Gasteiger partial charge in [-0.3, -0.25) is 4.79 Å². The van der Waals surface area contributed by atoms with E-state index in [0.29, 0.717) is 35.7 Å². The summed E-state index contributed by atoms with van der Waals surface area (Å²) >= 11 is 0. The van der Waals surface area contributed by atoms with Crippen LogP contribution in [0.15, 0.2) is 66.7 Å². The second kappa shape index (κ2) is 8.30. The van der Waals surface area contributed by atoms with Crippen LogP contribution in [0.2, 0.25) is 0 Å². The molecule has 1 amide bonds. The van der Waals surface area contributed by atoms with Crippen LogP contribution in [0.5, 0.6) is 11.5 Å². The number of aryl methyl sites for hydroxylation is 1. The molecule has 6 heteroatoms. The first-order valence-electron chi connectivity index (χ1n) is 10.4. The van der Waals surface area contributed by atoms with Crippen LogP contribution in [0, 0.1) is 12.7 Å². The zero-order valence-electron chi connectivity index (χ0n) is 17.5. The lowest BCUT2D eigenvalue weighted by molar-refractivity contribution is 0.0955. The topological polar surface area (TPSA) is 60.5 Å². The number of amides is 1. The molecule has 0 unspecified atom stereocenters. The van der Waals surface area contributed by atoms with Crippen LogP contribution < -0.4 is 14.8 Å². The summed E-state index contributed by atoms with van der Waals surface area (Å²) in [4.78, 5) is 17.9. The highest BCUT2D eigenvalue weighted by Crippen LogP contribution is 2.36. The normalized spacial score (nSPS) is 12.2. The molecule has 1 aromatic heterocycles. The summed E-state index contributed by atoms with van der Waals surface area (Å²) in [6.07, 6.45) is 0.614. The van der Waals surface area contributed by atoms with Gasteiger partial charge >= 0.3 is 0 Å². The fourth-order valence-corrected chi connectivity index (χ4v) is 3.80. The average Bonchev–Trinajstić information content (AvgIpc) is 3.27. The third kappa shape index (κ3) is 3.99. The summed E-state index contributed by atoms with van der Waals surface area (Å²) in [6.45, 7) is 2.63. The molecule has 0 aliphatic carbocycles. The lowest BCUT2D eigenvalue weighted by Crippen LogP contribution is -2.26. The second-order valence-corrected chi connectivity index (χ2v) is 7.78. The third-order valence-electron chi connectivity index (χ3n) is 5.49. The minimum absolute atomic E-state index is 0.174. The zero-order valence-corrected chi connectivity index (χ0v) is 17.5. The predicted octanol–water partition coefficient (Wildman–Crippen LogP) is 5.05. The molecule has 0 fully saturated rings. The van der Waals surface area contributed by atoms with E-state index in [1.165, 1.54) is 12.1 Å². The molecule has 0 bridgehead atoms. The number of nitrogens with one attached hydrogen (secondary N) is 1. The molecule has 0 saturated heterocycles. The van der Waals surface area contributed by atoms with E-state index in [2.05, 4.69) is 5.32 Å². The number of hydrogen-bond donors (Lipinski definition) is 1. The molecule has 2 heterocycles. The van der Waals surface area contributed by atoms with E-state index in [9.17, 15) is 9.18 Å². The zero-order chi connectivity index (χ0) is 22.1. The maximum absolute atomic E-state index is 13.1. The molecule has 0 saturated carbocycles. The first kappa shape index (κ1) is 20.0. The SMILES string of the molecule is Cc1ccc2nc(-c3ccc4c(c3)OCO4)cc(C(=O)NCCc3ccc(F)cc3)c2c1. The molecule has 5 rings (SSSR count). The van der Waals surface area contributed by atoms with Crippen molar-refractivity contribution in [2.45, 2.75) is 13.3 Å². The van der Waals surface area contributed by atoms with Crippen LogP contribution >= 0.6 is 0 Å². The number of ether oxygens (including phenoxy) is 2. The van der Waals surface area contributed by atoms with Crippen molar-refractivity contribution in [1.29, 1.82) is 0 Å². The first-order valence-corrected chi connectivity index (χ1v) is 10.4. The standard InChI is InChI=1S/C26H21FN2O3/c1-16-2-8-22-20(12-16)21(26(30)28-11-10-17-3-6-19(27)7-4-17)14-23(29-22)18-5-9-24-25(13-18)32-15-31-24/h2-9,12-14H,10-11,15H2,1H3,(H,28,30). The van der Waals surface area contributed by atoms with Crippen LogP contribution in [-0.2, 0) is 6.42 Å². The summed E-state index contributed by atoms with van der Waals surface area (Å²) in [6, 6.07) is 19.6. The van der Waals surface area contributed by atoms with Gasteiger partial charge in [-0.2, -0.15) is 0 Å². The van der Waals surface area contributed by atoms with Crippen LogP contribution in [0.4, 0.5) is 4.39 Å². The van der Waals surface area contributed by atoms with Crippen LogP contribution in [0.25, 0.3) is 22.2 Å². The van der Waals surface area contributed by atoms with E-state index in [1.54, 1.807) is 12.1 Å². The summed E-state index contributed by atoms with van der Waals surface area (Å²) < 4.78 is 24.0. The van der Waals surface area contributed by atoms with Crippen molar-refractivity contribution < 1.29 is 18.7 Å². The van der Waals surface area contributed by atoms with Gasteiger partial charge < -0.3 is 14.8 Å². The molecule has 32 heavy (non-hydrogen) atoms. The molecule has 5 nitrogen and oxygen atoms in total. The van der Waals surface area contributed by atoms with E-state index in [-0.39, 0.29) is 18.5 Å². The minimum atomic E-state index is -0.271. The van der Waals surface area contributed by atoms with Crippen molar-refractivity contribution in [2.75, 3.05) is 13.3 Å². The second-order valence-electron chi connectivity index (χ2n) is 7.78. The highest BCUT2D eigenvalue weighted by molar-refractivity contribution is 6.07. The van der Waals surface area contributed by atoms with Gasteiger partial charge in [-0.25, -0.2) is 9.37 Å². The summed E-state index contributed by atoms with van der Waals surface area (Å²) in [5.41, 5.74) is 4.85. The number of hydrogen-bond acceptors (Lipinski definition) is 4. The Morgan fingerprint density at radius 3 is 2.66 bits per heavy atom. The summed E-state index contributed by atoms with van der Waals surface area (Å²) in [5.74, 6) is 0.919. The predicted molar refractivity (Wildman–Crippen MR) is 120 cm³/mol. The van der Waals surface area contributed by atoms with Gasteiger partial charge in [0.05, 0.1) is 16.8 Å². The van der Waals surface area contributed by atoms with Gasteiger partial charge in [0, 0.05) is 17.5 Å². The highest BCUT2D eigenvalue weighted by Gasteiger charge is 2.17. The largest absolute Gasteiger partial charge is 0.454 e. The Balaban J connectivity index is 1.45. The molecule has 4 aromatic rings. The van der Waals surface area contributed by atoms with Gasteiger partial charge in [0.1, 0.15) is 5.82 Å². The number of nitrogens with zero attached hydrogens (tertiary/aromatic N) is 1. The monoisotopic (exact) mass is 428 g/mol.